The van der Waals surface area contributed by atoms with E-state index in [0.717, 1.165) is 60.2 Å². The van der Waals surface area contributed by atoms with Gasteiger partial charge in [-0.1, -0.05) is 13.3 Å². The molecule has 1 saturated carbocycles. The summed E-state index contributed by atoms with van der Waals surface area (Å²) < 4.78 is 2.00. The number of H-pyrrole nitrogens is 1. The van der Waals surface area contributed by atoms with E-state index in [0.29, 0.717) is 0 Å². The lowest BCUT2D eigenvalue weighted by molar-refractivity contribution is 0.567. The van der Waals surface area contributed by atoms with Gasteiger partial charge in [0, 0.05) is 19.2 Å². The van der Waals surface area contributed by atoms with Gasteiger partial charge in [-0.3, -0.25) is 0 Å². The van der Waals surface area contributed by atoms with Crippen LogP contribution in [0.25, 0.3) is 22.7 Å². The van der Waals surface area contributed by atoms with E-state index < -0.39 is 0 Å². The van der Waals surface area contributed by atoms with Crippen LogP contribution in [0.3, 0.4) is 0 Å². The summed E-state index contributed by atoms with van der Waals surface area (Å²) in [5.74, 6) is 2.58. The zero-order valence-corrected chi connectivity index (χ0v) is 12.8. The molecule has 4 rings (SSSR count). The molecule has 22 heavy (non-hydrogen) atoms. The van der Waals surface area contributed by atoms with Crippen LogP contribution >= 0.6 is 0 Å². The molecule has 6 heteroatoms. The van der Waals surface area contributed by atoms with E-state index in [1.807, 2.05) is 16.9 Å². The molecule has 0 aromatic carbocycles. The van der Waals surface area contributed by atoms with Crippen molar-refractivity contribution in [1.82, 2.24) is 29.7 Å². The van der Waals surface area contributed by atoms with E-state index in [1.165, 1.54) is 12.8 Å². The number of hydrogen-bond acceptors (Lipinski definition) is 4. The van der Waals surface area contributed by atoms with Crippen LogP contribution in [0, 0.1) is 5.92 Å². The second kappa shape index (κ2) is 5.51. The molecular formula is C16H20N6. The van der Waals surface area contributed by atoms with Gasteiger partial charge in [-0.15, -0.1) is 0 Å². The van der Waals surface area contributed by atoms with Crippen LogP contribution in [0.2, 0.25) is 0 Å². The van der Waals surface area contributed by atoms with Crippen LogP contribution in [0.5, 0.6) is 0 Å². The number of nitrogens with one attached hydrogen (secondary N) is 1. The van der Waals surface area contributed by atoms with Crippen LogP contribution in [0.1, 0.15) is 38.4 Å². The molecule has 0 saturated heterocycles. The molecule has 114 valence electrons. The third-order valence-corrected chi connectivity index (χ3v) is 4.10. The summed E-state index contributed by atoms with van der Waals surface area (Å²) in [5, 5.41) is 4.70. The van der Waals surface area contributed by atoms with Crippen molar-refractivity contribution in [2.24, 2.45) is 5.92 Å². The first-order valence-corrected chi connectivity index (χ1v) is 8.07. The lowest BCUT2D eigenvalue weighted by Gasteiger charge is -2.04. The average Bonchev–Trinajstić information content (AvgIpc) is 3.07. The summed E-state index contributed by atoms with van der Waals surface area (Å²) >= 11 is 0. The maximum Gasteiger partial charge on any atom is 0.178 e. The minimum Gasteiger partial charge on any atom is -0.345 e. The summed E-state index contributed by atoms with van der Waals surface area (Å²) in [6.07, 6.45) is 9.49. The predicted molar refractivity (Wildman–Crippen MR) is 84.2 cm³/mol. The largest absolute Gasteiger partial charge is 0.345 e. The molecule has 1 aliphatic carbocycles. The number of fused-ring (bicyclic) bond motifs is 1. The minimum absolute atomic E-state index is 0.785. The smallest absolute Gasteiger partial charge is 0.178 e. The number of hydrogen-bond donors (Lipinski definition) is 1. The van der Waals surface area contributed by atoms with Crippen molar-refractivity contribution < 1.29 is 0 Å². The SMILES string of the molecule is CCCCn1nc(CC2CC2)nc1-c1cnc2[nH]ccc2n1. The molecule has 1 fully saturated rings. The molecule has 3 aromatic heterocycles. The van der Waals surface area contributed by atoms with E-state index in [2.05, 4.69) is 21.9 Å². The Kier molecular flexibility index (Phi) is 3.36. The number of aromatic nitrogens is 6. The van der Waals surface area contributed by atoms with Crippen molar-refractivity contribution >= 4 is 11.2 Å². The average molecular weight is 296 g/mol. The van der Waals surface area contributed by atoms with Crippen LogP contribution in [-0.2, 0) is 13.0 Å². The molecular weight excluding hydrogens is 276 g/mol. The highest BCUT2D eigenvalue weighted by atomic mass is 15.4. The van der Waals surface area contributed by atoms with Crippen LogP contribution in [-0.4, -0.2) is 29.7 Å². The van der Waals surface area contributed by atoms with Crippen molar-refractivity contribution in [3.05, 3.63) is 24.3 Å². The first kappa shape index (κ1) is 13.4. The highest BCUT2D eigenvalue weighted by Crippen LogP contribution is 2.32. The Labute approximate surface area is 129 Å². The molecule has 0 unspecified atom stereocenters. The summed E-state index contributed by atoms with van der Waals surface area (Å²) in [4.78, 5) is 16.9. The first-order chi connectivity index (χ1) is 10.8. The second-order valence-electron chi connectivity index (χ2n) is 6.04. The van der Waals surface area contributed by atoms with Crippen molar-refractivity contribution in [3.63, 3.8) is 0 Å². The third-order valence-electron chi connectivity index (χ3n) is 4.10. The van der Waals surface area contributed by atoms with Gasteiger partial charge in [0.25, 0.3) is 0 Å². The zero-order chi connectivity index (χ0) is 14.9. The van der Waals surface area contributed by atoms with Crippen molar-refractivity contribution in [2.75, 3.05) is 0 Å². The molecule has 0 amide bonds. The molecule has 0 aliphatic heterocycles. The highest BCUT2D eigenvalue weighted by molar-refractivity contribution is 5.72. The Balaban J connectivity index is 1.71. The fourth-order valence-electron chi connectivity index (χ4n) is 2.65. The fourth-order valence-corrected chi connectivity index (χ4v) is 2.65. The van der Waals surface area contributed by atoms with E-state index in [-0.39, 0.29) is 0 Å². The van der Waals surface area contributed by atoms with E-state index in [1.54, 1.807) is 6.20 Å². The summed E-state index contributed by atoms with van der Waals surface area (Å²) in [7, 11) is 0. The zero-order valence-electron chi connectivity index (χ0n) is 12.8. The normalized spacial score (nSPS) is 14.8. The predicted octanol–water partition coefficient (Wildman–Crippen LogP) is 2.97. The van der Waals surface area contributed by atoms with Gasteiger partial charge in [0.1, 0.15) is 11.2 Å². The molecule has 0 bridgehead atoms. The summed E-state index contributed by atoms with van der Waals surface area (Å²) in [6, 6.07) is 1.93. The van der Waals surface area contributed by atoms with Gasteiger partial charge in [0.05, 0.1) is 6.20 Å². The summed E-state index contributed by atoms with van der Waals surface area (Å²) in [6.45, 7) is 3.07. The third kappa shape index (κ3) is 2.61. The Bertz CT molecular complexity index is 783. The number of aromatic amines is 1. The Hall–Kier alpha value is -2.24. The quantitative estimate of drug-likeness (QED) is 0.759. The molecule has 0 spiro atoms. The topological polar surface area (TPSA) is 72.3 Å². The standard InChI is InChI=1S/C16H20N6/c1-2-3-8-22-16(20-14(21-22)9-11-4-5-11)13-10-18-15-12(19-13)6-7-17-15/h6-7,10-11H,2-5,8-9H2,1H3,(H,17,18). The van der Waals surface area contributed by atoms with E-state index >= 15 is 0 Å². The van der Waals surface area contributed by atoms with Gasteiger partial charge >= 0.3 is 0 Å². The van der Waals surface area contributed by atoms with Gasteiger partial charge in [-0.05, 0) is 31.2 Å². The second-order valence-corrected chi connectivity index (χ2v) is 6.04. The number of aryl methyl sites for hydroxylation is 1. The number of nitrogens with zero attached hydrogens (tertiary/aromatic N) is 5. The Morgan fingerprint density at radius 2 is 2.23 bits per heavy atom. The maximum atomic E-state index is 4.74. The molecule has 6 nitrogen and oxygen atoms in total. The highest BCUT2D eigenvalue weighted by Gasteiger charge is 2.24. The van der Waals surface area contributed by atoms with Crippen LogP contribution in [0.15, 0.2) is 18.5 Å². The van der Waals surface area contributed by atoms with Gasteiger partial charge < -0.3 is 4.98 Å². The molecule has 0 atom stereocenters. The summed E-state index contributed by atoms with van der Waals surface area (Å²) in [5.41, 5.74) is 2.48. The van der Waals surface area contributed by atoms with Crippen LogP contribution in [0.4, 0.5) is 0 Å². The minimum atomic E-state index is 0.785. The van der Waals surface area contributed by atoms with Crippen molar-refractivity contribution in [1.29, 1.82) is 0 Å². The lowest BCUT2D eigenvalue weighted by Crippen LogP contribution is -2.04. The van der Waals surface area contributed by atoms with Gasteiger partial charge in [-0.25, -0.2) is 19.6 Å². The van der Waals surface area contributed by atoms with Gasteiger partial charge in [0.2, 0.25) is 0 Å². The molecule has 0 radical (unpaired) electrons. The van der Waals surface area contributed by atoms with E-state index in [9.17, 15) is 0 Å². The van der Waals surface area contributed by atoms with Crippen molar-refractivity contribution in [2.45, 2.75) is 45.6 Å². The maximum absolute atomic E-state index is 4.74. The van der Waals surface area contributed by atoms with Gasteiger partial charge in [-0.2, -0.15) is 5.10 Å². The van der Waals surface area contributed by atoms with Crippen LogP contribution < -0.4 is 0 Å². The van der Waals surface area contributed by atoms with Gasteiger partial charge in [0.15, 0.2) is 17.3 Å². The Morgan fingerprint density at radius 3 is 3.05 bits per heavy atom. The fraction of sp³-hybridized carbons (Fsp3) is 0.500. The van der Waals surface area contributed by atoms with E-state index in [4.69, 9.17) is 10.1 Å². The molecule has 1 aliphatic rings. The monoisotopic (exact) mass is 296 g/mol. The number of rotatable bonds is 6. The van der Waals surface area contributed by atoms with Crippen molar-refractivity contribution in [3.8, 4) is 11.5 Å². The lowest BCUT2D eigenvalue weighted by atomic mass is 10.3. The Morgan fingerprint density at radius 1 is 1.32 bits per heavy atom. The first-order valence-electron chi connectivity index (χ1n) is 8.07. The molecule has 1 N–H and O–H groups in total. The molecule has 3 heterocycles. The molecule has 3 aromatic rings. The number of unbranched alkanes of at least 4 members (excludes halogenated alkanes) is 1.